The fourth-order valence-corrected chi connectivity index (χ4v) is 6.35. The maximum absolute atomic E-state index is 13.5. The van der Waals surface area contributed by atoms with Crippen molar-refractivity contribution < 1.29 is 73.2 Å². The summed E-state index contributed by atoms with van der Waals surface area (Å²) >= 11 is 0. The van der Waals surface area contributed by atoms with Crippen molar-refractivity contribution in [2.45, 2.75) is 32.5 Å². The normalized spacial score (nSPS) is 14.8. The molecule has 4 rings (SSSR count). The third-order valence-corrected chi connectivity index (χ3v) is 8.97. The number of anilines is 2. The van der Waals surface area contributed by atoms with Crippen molar-refractivity contribution in [1.82, 2.24) is 4.57 Å². The second-order valence-corrected chi connectivity index (χ2v) is 13.5. The molecule has 1 aliphatic heterocycles. The van der Waals surface area contributed by atoms with E-state index in [0.717, 1.165) is 17.8 Å². The van der Waals surface area contributed by atoms with Gasteiger partial charge in [-0.15, -0.1) is 0 Å². The van der Waals surface area contributed by atoms with Crippen LogP contribution < -0.4 is 43.9 Å². The molecular formula is C30H31F3N5NaO6S2. The molecule has 17 heteroatoms. The monoisotopic (exact) mass is 701 g/mol. The molecule has 1 aliphatic rings. The van der Waals surface area contributed by atoms with Crippen LogP contribution in [0.4, 0.5) is 24.5 Å². The van der Waals surface area contributed by atoms with Crippen LogP contribution in [0.1, 0.15) is 36.7 Å². The van der Waals surface area contributed by atoms with Crippen LogP contribution in [0.2, 0.25) is 0 Å². The number of halogens is 3. The molecule has 0 N–H and O–H groups in total. The van der Waals surface area contributed by atoms with Crippen molar-refractivity contribution in [2.24, 2.45) is 7.05 Å². The van der Waals surface area contributed by atoms with Crippen LogP contribution in [0.25, 0.3) is 17.1 Å². The fourth-order valence-electron chi connectivity index (χ4n) is 5.39. The number of aromatic nitrogens is 2. The van der Waals surface area contributed by atoms with Gasteiger partial charge >= 0.3 is 35.7 Å². The van der Waals surface area contributed by atoms with E-state index in [2.05, 4.69) is 6.07 Å². The minimum atomic E-state index is -4.59. The summed E-state index contributed by atoms with van der Waals surface area (Å²) in [7, 11) is -7.29. The first-order valence-corrected chi connectivity index (χ1v) is 17.3. The van der Waals surface area contributed by atoms with Gasteiger partial charge in [-0.2, -0.15) is 18.4 Å². The Balaban J connectivity index is 0.00000600. The summed E-state index contributed by atoms with van der Waals surface area (Å²) in [5.41, 5.74) is 1.73. The van der Waals surface area contributed by atoms with Crippen LogP contribution in [-0.4, -0.2) is 55.1 Å². The van der Waals surface area contributed by atoms with Gasteiger partial charge in [-0.1, -0.05) is 18.2 Å². The number of allylic oxidation sites excluding steroid dienone is 4. The van der Waals surface area contributed by atoms with E-state index >= 15 is 0 Å². The number of hydrogen-bond donors (Lipinski definition) is 0. The Morgan fingerprint density at radius 2 is 1.57 bits per heavy atom. The van der Waals surface area contributed by atoms with E-state index in [-0.39, 0.29) is 61.0 Å². The van der Waals surface area contributed by atoms with E-state index < -0.39 is 43.5 Å². The second-order valence-electron chi connectivity index (χ2n) is 10.5. The predicted octanol–water partition coefficient (Wildman–Crippen LogP) is 0.988. The zero-order valence-corrected chi connectivity index (χ0v) is 29.6. The first-order chi connectivity index (χ1) is 21.5. The third-order valence-electron chi connectivity index (χ3n) is 7.40. The molecule has 0 spiro atoms. The Labute approximate surface area is 293 Å². The van der Waals surface area contributed by atoms with Crippen molar-refractivity contribution in [2.75, 3.05) is 34.4 Å². The standard InChI is InChI=1S/C30H32F3N5O6S2.Na/c1-3-36-25-13-11-22(21-34)19-26(25)38(16-8-18-46(42,43)44)29(36)10-6-4-5-9-28-35(2)24-14-12-23(30(31,32)33)20-27(24)37(28)15-7-17-45(39,40)41;/h4-6,9-14,19-20H,3,7-8,15-18H2,1-2H3,(H-,39,40,41,42,43,44);/q;+1/p-1. The minimum absolute atomic E-state index is 0. The van der Waals surface area contributed by atoms with Gasteiger partial charge in [0.05, 0.1) is 62.4 Å². The van der Waals surface area contributed by atoms with Crippen LogP contribution in [0, 0.1) is 11.3 Å². The molecule has 0 atom stereocenters. The summed E-state index contributed by atoms with van der Waals surface area (Å²) in [6, 6.07) is 10.5. The van der Waals surface area contributed by atoms with E-state index in [0.29, 0.717) is 35.0 Å². The molecule has 0 unspecified atom stereocenters. The number of nitrogens with zero attached hydrogens (tertiary/aromatic N) is 5. The molecule has 246 valence electrons. The summed E-state index contributed by atoms with van der Waals surface area (Å²) in [4.78, 5) is 3.80. The predicted molar refractivity (Wildman–Crippen MR) is 164 cm³/mol. The number of fused-ring (bicyclic) bond motifs is 2. The summed E-state index contributed by atoms with van der Waals surface area (Å²) < 4.78 is 111. The fraction of sp³-hybridized carbons (Fsp3) is 0.333. The van der Waals surface area contributed by atoms with Crippen molar-refractivity contribution in [3.8, 4) is 6.07 Å². The second kappa shape index (κ2) is 15.4. The Bertz CT molecular complexity index is 1980. The Morgan fingerprint density at radius 3 is 2.17 bits per heavy atom. The van der Waals surface area contributed by atoms with Gasteiger partial charge < -0.3 is 18.9 Å². The number of imidazole rings is 1. The Hall–Kier alpha value is -3.17. The molecule has 2 heterocycles. The van der Waals surface area contributed by atoms with E-state index in [1.807, 2.05) is 16.7 Å². The Morgan fingerprint density at radius 1 is 0.915 bits per heavy atom. The van der Waals surface area contributed by atoms with Gasteiger partial charge in [0.15, 0.2) is 11.0 Å². The van der Waals surface area contributed by atoms with Crippen molar-refractivity contribution in [1.29, 1.82) is 5.26 Å². The van der Waals surface area contributed by atoms with Gasteiger partial charge in [-0.05, 0) is 56.2 Å². The average Bonchev–Trinajstić information content (AvgIpc) is 3.40. The first-order valence-electron chi connectivity index (χ1n) is 14.1. The van der Waals surface area contributed by atoms with Crippen LogP contribution >= 0.6 is 0 Å². The van der Waals surface area contributed by atoms with Gasteiger partial charge in [0.2, 0.25) is 0 Å². The van der Waals surface area contributed by atoms with E-state index in [1.165, 1.54) is 10.6 Å². The van der Waals surface area contributed by atoms with E-state index in [1.54, 1.807) is 60.2 Å². The number of nitriles is 1. The number of aryl methyl sites for hydroxylation is 2. The van der Waals surface area contributed by atoms with Crippen LogP contribution in [0.15, 0.2) is 66.5 Å². The molecule has 0 saturated heterocycles. The quantitative estimate of drug-likeness (QED) is 0.116. The number of hydrogen-bond acceptors (Lipinski definition) is 9. The maximum atomic E-state index is 13.5. The molecule has 1 aromatic heterocycles. The van der Waals surface area contributed by atoms with Gasteiger partial charge in [-0.25, -0.2) is 26.0 Å². The molecular weight excluding hydrogens is 670 g/mol. The number of rotatable bonds is 12. The molecule has 0 saturated carbocycles. The Kier molecular flexibility index (Phi) is 12.5. The molecule has 47 heavy (non-hydrogen) atoms. The van der Waals surface area contributed by atoms with E-state index in [4.69, 9.17) is 0 Å². The average molecular weight is 702 g/mol. The van der Waals surface area contributed by atoms with Gasteiger partial charge in [-0.3, -0.25) is 0 Å². The molecule has 11 nitrogen and oxygen atoms in total. The SMILES string of the molecule is CCN1\C(=C/C=C/C=C/c2n(CCCS(=O)(=O)[O-])c3cc(C(F)(F)F)ccc3[n+]2C)N(CCCS(=O)(=O)[O-])c2cc(C#N)ccc21.[Na+]. The molecule has 0 bridgehead atoms. The van der Waals surface area contributed by atoms with Crippen molar-refractivity contribution in [3.05, 3.63) is 83.5 Å². The molecule has 2 aromatic carbocycles. The largest absolute Gasteiger partial charge is 1.00 e. The number of alkyl halides is 3. The van der Waals surface area contributed by atoms with Crippen LogP contribution in [0.5, 0.6) is 0 Å². The summed E-state index contributed by atoms with van der Waals surface area (Å²) in [6.45, 7) is 2.64. The molecule has 3 aromatic rings. The summed E-state index contributed by atoms with van der Waals surface area (Å²) in [5, 5.41) is 9.41. The molecule has 0 radical (unpaired) electrons. The van der Waals surface area contributed by atoms with Gasteiger partial charge in [0.25, 0.3) is 5.82 Å². The molecule has 0 amide bonds. The summed E-state index contributed by atoms with van der Waals surface area (Å²) in [6.07, 6.45) is 3.83. The van der Waals surface area contributed by atoms with E-state index in [9.17, 15) is 44.4 Å². The third kappa shape index (κ3) is 9.47. The maximum Gasteiger partial charge on any atom is 1.00 e. The van der Waals surface area contributed by atoms with Gasteiger partial charge in [0.1, 0.15) is 5.82 Å². The number of benzene rings is 2. The zero-order chi connectivity index (χ0) is 33.9. The van der Waals surface area contributed by atoms with Gasteiger partial charge in [0, 0.05) is 36.7 Å². The topological polar surface area (TPSA) is 153 Å². The minimum Gasteiger partial charge on any atom is -0.748 e. The summed E-state index contributed by atoms with van der Waals surface area (Å²) in [5.74, 6) is -0.0815. The smallest absolute Gasteiger partial charge is 0.748 e. The molecule has 0 aliphatic carbocycles. The van der Waals surface area contributed by atoms with Crippen LogP contribution in [0.3, 0.4) is 0 Å². The zero-order valence-electron chi connectivity index (χ0n) is 25.9. The van der Waals surface area contributed by atoms with Crippen molar-refractivity contribution >= 4 is 48.7 Å². The molecule has 0 fully saturated rings. The van der Waals surface area contributed by atoms with Crippen molar-refractivity contribution in [3.63, 3.8) is 0 Å². The van der Waals surface area contributed by atoms with Crippen LogP contribution in [-0.2, 0) is 40.0 Å². The first kappa shape index (κ1) is 38.3.